The lowest BCUT2D eigenvalue weighted by Gasteiger charge is -2.29. The number of carbonyl (C=O) groups excluding carboxylic acids is 2. The quantitative estimate of drug-likeness (QED) is 0.756. The average molecular weight is 438 g/mol. The molecule has 1 aromatic carbocycles. The first-order valence-corrected chi connectivity index (χ1v) is 10.5. The molecule has 3 rings (SSSR count). The number of aromatic nitrogens is 1. The number of thiazole rings is 1. The van der Waals surface area contributed by atoms with Crippen molar-refractivity contribution in [3.63, 3.8) is 0 Å². The lowest BCUT2D eigenvalue weighted by atomic mass is 10.2. The zero-order valence-electron chi connectivity index (χ0n) is 16.7. The summed E-state index contributed by atoms with van der Waals surface area (Å²) in [6.45, 7) is 6.66. The normalized spacial score (nSPS) is 13.7. The van der Waals surface area contributed by atoms with Crippen LogP contribution in [0, 0.1) is 0 Å². The lowest BCUT2D eigenvalue weighted by Crippen LogP contribution is -2.39. The van der Waals surface area contributed by atoms with Gasteiger partial charge in [0.1, 0.15) is 12.2 Å². The van der Waals surface area contributed by atoms with E-state index in [4.69, 9.17) is 21.1 Å². The van der Waals surface area contributed by atoms with Gasteiger partial charge >= 0.3 is 6.09 Å². The fourth-order valence-electron chi connectivity index (χ4n) is 2.76. The molecule has 2 amide bonds. The summed E-state index contributed by atoms with van der Waals surface area (Å²) < 4.78 is 10.9. The molecule has 1 N–H and O–H groups in total. The van der Waals surface area contributed by atoms with E-state index in [9.17, 15) is 9.59 Å². The van der Waals surface area contributed by atoms with Crippen molar-refractivity contribution in [2.75, 3.05) is 18.5 Å². The summed E-state index contributed by atoms with van der Waals surface area (Å²) in [6, 6.07) is 7.34. The zero-order valence-corrected chi connectivity index (χ0v) is 18.2. The number of amides is 2. The summed E-state index contributed by atoms with van der Waals surface area (Å²) in [5.41, 5.74) is 1.20. The molecule has 156 valence electrons. The molecule has 0 spiro atoms. The fourth-order valence-corrected chi connectivity index (χ4v) is 3.99. The molecular weight excluding hydrogens is 414 g/mol. The minimum atomic E-state index is -0.534. The number of hydrogen-bond acceptors (Lipinski definition) is 6. The van der Waals surface area contributed by atoms with Gasteiger partial charge in [-0.2, -0.15) is 0 Å². The van der Waals surface area contributed by atoms with Crippen LogP contribution in [0.15, 0.2) is 24.3 Å². The Bertz CT molecular complexity index is 894. The molecule has 2 heterocycles. The molecule has 0 saturated heterocycles. The minimum Gasteiger partial charge on any atom is -0.444 e. The first-order valence-electron chi connectivity index (χ1n) is 9.29. The van der Waals surface area contributed by atoms with E-state index in [1.54, 1.807) is 11.0 Å². The van der Waals surface area contributed by atoms with E-state index in [0.717, 1.165) is 16.1 Å². The topological polar surface area (TPSA) is 80.8 Å². The van der Waals surface area contributed by atoms with Gasteiger partial charge in [0.15, 0.2) is 5.13 Å². The maximum atomic E-state index is 12.3. The van der Waals surface area contributed by atoms with E-state index in [1.807, 2.05) is 39.0 Å². The van der Waals surface area contributed by atoms with Gasteiger partial charge in [-0.05, 0) is 32.4 Å². The Morgan fingerprint density at radius 2 is 2.07 bits per heavy atom. The molecule has 0 radical (unpaired) electrons. The SMILES string of the molecule is CC(C)(C)OC(=O)N1CCc2nc(NC(=O)COCc3ccccc3Cl)sc2C1. The molecule has 0 saturated carbocycles. The van der Waals surface area contributed by atoms with Crippen molar-refractivity contribution in [3.8, 4) is 0 Å². The molecule has 2 aromatic rings. The monoisotopic (exact) mass is 437 g/mol. The number of nitrogens with zero attached hydrogens (tertiary/aromatic N) is 2. The molecule has 0 atom stereocenters. The van der Waals surface area contributed by atoms with Crippen molar-refractivity contribution < 1.29 is 19.1 Å². The molecule has 1 aliphatic rings. The van der Waals surface area contributed by atoms with Crippen molar-refractivity contribution in [1.82, 2.24) is 9.88 Å². The van der Waals surface area contributed by atoms with Crippen LogP contribution >= 0.6 is 22.9 Å². The Kier molecular flexibility index (Phi) is 6.77. The highest BCUT2D eigenvalue weighted by Gasteiger charge is 2.28. The van der Waals surface area contributed by atoms with Crippen molar-refractivity contribution in [2.45, 2.75) is 45.9 Å². The van der Waals surface area contributed by atoms with E-state index < -0.39 is 5.60 Å². The van der Waals surface area contributed by atoms with Crippen molar-refractivity contribution in [1.29, 1.82) is 0 Å². The number of benzene rings is 1. The molecular formula is C20H24ClN3O4S. The summed E-state index contributed by atoms with van der Waals surface area (Å²) in [4.78, 5) is 31.5. The van der Waals surface area contributed by atoms with Crippen molar-refractivity contribution in [3.05, 3.63) is 45.4 Å². The van der Waals surface area contributed by atoms with E-state index in [0.29, 0.717) is 29.7 Å². The third-order valence-electron chi connectivity index (χ3n) is 4.08. The first kappa shape index (κ1) is 21.5. The summed E-state index contributed by atoms with van der Waals surface area (Å²) in [7, 11) is 0. The second-order valence-corrected chi connectivity index (χ2v) is 9.16. The molecule has 0 fully saturated rings. The predicted molar refractivity (Wildman–Crippen MR) is 112 cm³/mol. The van der Waals surface area contributed by atoms with Crippen LogP contribution < -0.4 is 5.32 Å². The summed E-state index contributed by atoms with van der Waals surface area (Å²) in [6.07, 6.45) is 0.291. The third-order valence-corrected chi connectivity index (χ3v) is 5.44. The van der Waals surface area contributed by atoms with Crippen LogP contribution in [0.1, 0.15) is 36.9 Å². The second kappa shape index (κ2) is 9.11. The van der Waals surface area contributed by atoms with Gasteiger partial charge in [-0.1, -0.05) is 41.1 Å². The Labute approximate surface area is 179 Å². The average Bonchev–Trinajstić information content (AvgIpc) is 3.03. The van der Waals surface area contributed by atoms with Gasteiger partial charge < -0.3 is 14.4 Å². The van der Waals surface area contributed by atoms with E-state index in [2.05, 4.69) is 10.3 Å². The van der Waals surface area contributed by atoms with Gasteiger partial charge in [-0.15, -0.1) is 0 Å². The highest BCUT2D eigenvalue weighted by molar-refractivity contribution is 7.15. The number of halogens is 1. The lowest BCUT2D eigenvalue weighted by molar-refractivity contribution is -0.121. The summed E-state index contributed by atoms with van der Waals surface area (Å²) in [5, 5.41) is 3.87. The van der Waals surface area contributed by atoms with Gasteiger partial charge in [0.25, 0.3) is 5.91 Å². The first-order chi connectivity index (χ1) is 13.7. The fraction of sp³-hybridized carbons (Fsp3) is 0.450. The van der Waals surface area contributed by atoms with Gasteiger partial charge in [0.05, 0.1) is 18.8 Å². The number of anilines is 1. The Hall–Kier alpha value is -2.16. The van der Waals surface area contributed by atoms with Gasteiger partial charge in [-0.25, -0.2) is 9.78 Å². The molecule has 1 aromatic heterocycles. The van der Waals surface area contributed by atoms with Crippen LogP contribution in [0.25, 0.3) is 0 Å². The highest BCUT2D eigenvalue weighted by Crippen LogP contribution is 2.29. The van der Waals surface area contributed by atoms with Crippen LogP contribution in [0.4, 0.5) is 9.93 Å². The number of hydrogen-bond donors (Lipinski definition) is 1. The number of ether oxygens (including phenoxy) is 2. The Balaban J connectivity index is 1.50. The summed E-state index contributed by atoms with van der Waals surface area (Å²) in [5.74, 6) is -0.285. The number of fused-ring (bicyclic) bond motifs is 1. The van der Waals surface area contributed by atoms with E-state index in [-0.39, 0.29) is 25.2 Å². The number of nitrogens with one attached hydrogen (secondary N) is 1. The maximum absolute atomic E-state index is 12.3. The number of rotatable bonds is 5. The largest absolute Gasteiger partial charge is 0.444 e. The summed E-state index contributed by atoms with van der Waals surface area (Å²) >= 11 is 7.44. The molecule has 0 aliphatic carbocycles. The molecule has 0 bridgehead atoms. The zero-order chi connectivity index (χ0) is 21.0. The second-order valence-electron chi connectivity index (χ2n) is 7.67. The Morgan fingerprint density at radius 3 is 2.79 bits per heavy atom. The van der Waals surface area contributed by atoms with E-state index >= 15 is 0 Å². The van der Waals surface area contributed by atoms with Crippen molar-refractivity contribution >= 4 is 40.1 Å². The predicted octanol–water partition coefficient (Wildman–Crippen LogP) is 4.25. The highest BCUT2D eigenvalue weighted by atomic mass is 35.5. The number of carbonyl (C=O) groups is 2. The molecule has 1 aliphatic heterocycles. The van der Waals surface area contributed by atoms with Crippen molar-refractivity contribution in [2.24, 2.45) is 0 Å². The smallest absolute Gasteiger partial charge is 0.410 e. The third kappa shape index (κ3) is 6.16. The molecule has 7 nitrogen and oxygen atoms in total. The van der Waals surface area contributed by atoms with Crippen LogP contribution in [0.3, 0.4) is 0 Å². The van der Waals surface area contributed by atoms with Gasteiger partial charge in [0.2, 0.25) is 0 Å². The Morgan fingerprint density at radius 1 is 1.31 bits per heavy atom. The van der Waals surface area contributed by atoms with Crippen LogP contribution in [-0.2, 0) is 33.8 Å². The van der Waals surface area contributed by atoms with Gasteiger partial charge in [0, 0.05) is 22.9 Å². The van der Waals surface area contributed by atoms with Gasteiger partial charge in [-0.3, -0.25) is 10.1 Å². The minimum absolute atomic E-state index is 0.0977. The van der Waals surface area contributed by atoms with Crippen LogP contribution in [-0.4, -0.2) is 40.6 Å². The van der Waals surface area contributed by atoms with Crippen LogP contribution in [0.5, 0.6) is 0 Å². The van der Waals surface area contributed by atoms with Crippen LogP contribution in [0.2, 0.25) is 5.02 Å². The molecule has 0 unspecified atom stereocenters. The maximum Gasteiger partial charge on any atom is 0.410 e. The molecule has 9 heteroatoms. The molecule has 29 heavy (non-hydrogen) atoms. The van der Waals surface area contributed by atoms with E-state index in [1.165, 1.54) is 11.3 Å². The standard InChI is InChI=1S/C20H24ClN3O4S/c1-20(2,3)28-19(26)24-9-8-15-16(10-24)29-18(22-15)23-17(25)12-27-11-13-6-4-5-7-14(13)21/h4-7H,8-12H2,1-3H3,(H,22,23,25).